The van der Waals surface area contributed by atoms with Gasteiger partial charge < -0.3 is 26.0 Å². The van der Waals surface area contributed by atoms with Crippen molar-refractivity contribution in [3.63, 3.8) is 0 Å². The number of hydrogen-bond donors (Lipinski definition) is 4. The van der Waals surface area contributed by atoms with Gasteiger partial charge in [-0.05, 0) is 35.8 Å². The van der Waals surface area contributed by atoms with Crippen LogP contribution in [0.2, 0.25) is 0 Å². The van der Waals surface area contributed by atoms with Crippen molar-refractivity contribution in [1.29, 1.82) is 0 Å². The van der Waals surface area contributed by atoms with Gasteiger partial charge in [0.2, 0.25) is 5.78 Å². The lowest BCUT2D eigenvalue weighted by atomic mass is 9.59. The molecule has 1 fully saturated rings. The van der Waals surface area contributed by atoms with Gasteiger partial charge in [0.1, 0.15) is 17.1 Å². The molecular weight excluding hydrogens is 424 g/mol. The van der Waals surface area contributed by atoms with E-state index in [4.69, 9.17) is 5.73 Å². The Morgan fingerprint density at radius 2 is 1.85 bits per heavy atom. The quantitative estimate of drug-likeness (QED) is 0.515. The van der Waals surface area contributed by atoms with Crippen molar-refractivity contribution in [3.8, 4) is 0 Å². The average molecular weight is 448 g/mol. The molecule has 0 aliphatic heterocycles. The fraction of sp³-hybridized carbons (Fsp3) is 0.320. The minimum atomic E-state index is -2.48. The predicted octanol–water partition coefficient (Wildman–Crippen LogP) is 1.94. The van der Waals surface area contributed by atoms with Crippen LogP contribution in [-0.2, 0) is 20.8 Å². The monoisotopic (exact) mass is 448 g/mol. The third kappa shape index (κ3) is 2.70. The highest BCUT2D eigenvalue weighted by atomic mass is 16.3. The first kappa shape index (κ1) is 21.2. The average Bonchev–Trinajstić information content (AvgIpc) is 2.74. The molecule has 2 aromatic rings. The van der Waals surface area contributed by atoms with Gasteiger partial charge in [-0.3, -0.25) is 14.4 Å². The van der Waals surface area contributed by atoms with E-state index < -0.39 is 46.2 Å². The maximum absolute atomic E-state index is 13.6. The van der Waals surface area contributed by atoms with Crippen molar-refractivity contribution in [3.05, 3.63) is 58.4 Å². The van der Waals surface area contributed by atoms with Gasteiger partial charge in [0.25, 0.3) is 5.91 Å². The van der Waals surface area contributed by atoms with E-state index in [9.17, 15) is 29.7 Å². The lowest BCUT2D eigenvalue weighted by Crippen LogP contribution is -2.58. The number of hydrogen-bond acceptors (Lipinski definition) is 7. The highest BCUT2D eigenvalue weighted by molar-refractivity contribution is 6.22. The Morgan fingerprint density at radius 3 is 2.52 bits per heavy atom. The van der Waals surface area contributed by atoms with Crippen molar-refractivity contribution in [1.82, 2.24) is 0 Å². The number of aliphatic hydroxyl groups excluding tert-OH is 2. The molecule has 8 heteroatoms. The summed E-state index contributed by atoms with van der Waals surface area (Å²) in [6.45, 7) is 0. The summed E-state index contributed by atoms with van der Waals surface area (Å²) in [4.78, 5) is 39.7. The number of carbonyl (C=O) groups is 3. The number of anilines is 1. The summed E-state index contributed by atoms with van der Waals surface area (Å²) >= 11 is 0. The zero-order valence-corrected chi connectivity index (χ0v) is 18.3. The summed E-state index contributed by atoms with van der Waals surface area (Å²) in [6, 6.07) is 9.55. The normalized spacial score (nSPS) is 26.8. The number of amides is 1. The molecule has 3 aliphatic carbocycles. The van der Waals surface area contributed by atoms with Crippen LogP contribution >= 0.6 is 0 Å². The van der Waals surface area contributed by atoms with Gasteiger partial charge in [0, 0.05) is 48.6 Å². The van der Waals surface area contributed by atoms with Gasteiger partial charge in [-0.15, -0.1) is 0 Å². The number of Topliss-reactive ketones (excluding diaryl/α,β-unsaturated/α-hetero) is 2. The maximum Gasteiger partial charge on any atom is 0.255 e. The minimum Gasteiger partial charge on any atom is -0.508 e. The summed E-state index contributed by atoms with van der Waals surface area (Å²) in [6.07, 6.45) is 0.315. The Labute approximate surface area is 189 Å². The highest BCUT2D eigenvalue weighted by Gasteiger charge is 2.60. The van der Waals surface area contributed by atoms with Crippen molar-refractivity contribution in [2.45, 2.75) is 24.9 Å². The number of aliphatic hydroxyl groups is 3. The van der Waals surface area contributed by atoms with Crippen LogP contribution in [0.5, 0.6) is 0 Å². The molecule has 1 amide bonds. The van der Waals surface area contributed by atoms with Crippen LogP contribution in [0.15, 0.2) is 47.2 Å². The van der Waals surface area contributed by atoms with Crippen LogP contribution in [0.1, 0.15) is 24.0 Å². The molecule has 1 saturated carbocycles. The minimum absolute atomic E-state index is 0.00552. The van der Waals surface area contributed by atoms with E-state index in [0.29, 0.717) is 12.0 Å². The third-order valence-electron chi connectivity index (χ3n) is 7.25. The Morgan fingerprint density at radius 1 is 1.15 bits per heavy atom. The summed E-state index contributed by atoms with van der Waals surface area (Å²) < 4.78 is 0. The molecule has 2 aromatic carbocycles. The highest BCUT2D eigenvalue weighted by Crippen LogP contribution is 2.52. The maximum atomic E-state index is 13.6. The van der Waals surface area contributed by atoms with Gasteiger partial charge in [-0.25, -0.2) is 0 Å². The van der Waals surface area contributed by atoms with E-state index in [1.165, 1.54) is 0 Å². The van der Waals surface area contributed by atoms with E-state index >= 15 is 0 Å². The predicted molar refractivity (Wildman–Crippen MR) is 122 cm³/mol. The first-order valence-electron chi connectivity index (χ1n) is 10.8. The van der Waals surface area contributed by atoms with Gasteiger partial charge in [-0.2, -0.15) is 0 Å². The third-order valence-corrected chi connectivity index (χ3v) is 7.25. The number of ketones is 2. The van der Waals surface area contributed by atoms with Crippen LogP contribution in [0.3, 0.4) is 0 Å². The summed E-state index contributed by atoms with van der Waals surface area (Å²) in [5, 5.41) is 35.1. The Hall–Kier alpha value is -3.65. The molecule has 1 unspecified atom stereocenters. The van der Waals surface area contributed by atoms with Crippen LogP contribution in [0.4, 0.5) is 5.69 Å². The van der Waals surface area contributed by atoms with Crippen molar-refractivity contribution in [2.75, 3.05) is 19.0 Å². The van der Waals surface area contributed by atoms with E-state index in [0.717, 1.165) is 22.0 Å². The number of fused-ring (bicyclic) bond motifs is 4. The lowest BCUT2D eigenvalue weighted by molar-refractivity contribution is -0.147. The van der Waals surface area contributed by atoms with Crippen LogP contribution in [-0.4, -0.2) is 52.5 Å². The Kier molecular flexibility index (Phi) is 4.45. The number of nitrogens with zero attached hydrogens (tertiary/aromatic N) is 1. The molecule has 8 nitrogen and oxygen atoms in total. The summed E-state index contributed by atoms with van der Waals surface area (Å²) in [7, 11) is 3.83. The molecule has 0 heterocycles. The molecule has 0 spiro atoms. The molecule has 0 radical (unpaired) electrons. The van der Waals surface area contributed by atoms with E-state index in [2.05, 4.69) is 0 Å². The van der Waals surface area contributed by atoms with Gasteiger partial charge in [0.05, 0.1) is 0 Å². The molecule has 5 N–H and O–H groups in total. The molecule has 0 saturated heterocycles. The summed E-state index contributed by atoms with van der Waals surface area (Å²) in [5.41, 5.74) is 4.31. The number of carbonyl (C=O) groups excluding carboxylic acids is 3. The molecule has 170 valence electrons. The first-order chi connectivity index (χ1) is 15.6. The Bertz CT molecular complexity index is 1340. The second-order valence-electron chi connectivity index (χ2n) is 9.27. The zero-order chi connectivity index (χ0) is 23.8. The van der Waals surface area contributed by atoms with Gasteiger partial charge in [-0.1, -0.05) is 24.3 Å². The molecular formula is C25H24N2O6. The topological polar surface area (TPSA) is 141 Å². The Balaban J connectivity index is 1.76. The molecule has 3 aliphatic rings. The molecule has 0 aromatic heterocycles. The summed E-state index contributed by atoms with van der Waals surface area (Å²) in [5.74, 6) is -5.44. The fourth-order valence-electron chi connectivity index (χ4n) is 5.82. The molecule has 0 bridgehead atoms. The van der Waals surface area contributed by atoms with Crippen LogP contribution in [0, 0.1) is 11.8 Å². The largest absolute Gasteiger partial charge is 0.508 e. The smallest absolute Gasteiger partial charge is 0.255 e. The number of nitrogens with two attached hydrogens (primary N) is 1. The van der Waals surface area contributed by atoms with E-state index in [1.807, 2.05) is 49.3 Å². The number of rotatable bonds is 2. The van der Waals surface area contributed by atoms with Crippen molar-refractivity contribution >= 4 is 39.7 Å². The zero-order valence-electron chi connectivity index (χ0n) is 18.3. The lowest BCUT2D eigenvalue weighted by Gasteiger charge is -2.46. The van der Waals surface area contributed by atoms with Crippen LogP contribution < -0.4 is 10.6 Å². The molecule has 5 rings (SSSR count). The second kappa shape index (κ2) is 6.92. The van der Waals surface area contributed by atoms with Crippen LogP contribution in [0.25, 0.3) is 16.5 Å². The second-order valence-corrected chi connectivity index (χ2v) is 9.27. The van der Waals surface area contributed by atoms with Gasteiger partial charge >= 0.3 is 0 Å². The van der Waals surface area contributed by atoms with E-state index in [-0.39, 0.29) is 24.2 Å². The molecule has 33 heavy (non-hydrogen) atoms. The van der Waals surface area contributed by atoms with E-state index in [1.54, 1.807) is 0 Å². The fourth-order valence-corrected chi connectivity index (χ4v) is 5.82. The first-order valence-corrected chi connectivity index (χ1v) is 10.8. The molecule has 3 atom stereocenters. The number of primary amides is 1. The standard InChI is InChI=1S/C25H24N2O6/c1-27(2)20-14-6-4-3-5-11(14)8-16-15(20)9-12-7-13-10-17(28)19(24(26)32)23(31)25(13,33)22(30)18(12)21(16)29/h3-6,8,12-13,29,31,33H,7,9-10H2,1-2H3,(H2,26,32)/t12?,13-,25-/m0/s1. The van der Waals surface area contributed by atoms with Crippen molar-refractivity contribution < 1.29 is 29.7 Å². The number of benzene rings is 2. The van der Waals surface area contributed by atoms with Crippen molar-refractivity contribution in [2.24, 2.45) is 17.6 Å². The SMILES string of the molecule is CN(C)c1c2c(cc3ccccc13)C(O)=C1C(=O)[C@]3(O)C(O)=C(C(N)=O)C(=O)C[C@@H]3CC1C2. The van der Waals surface area contributed by atoms with Gasteiger partial charge in [0.15, 0.2) is 11.4 Å².